The van der Waals surface area contributed by atoms with Crippen LogP contribution < -0.4 is 4.74 Å². The van der Waals surface area contributed by atoms with Crippen LogP contribution in [0.1, 0.15) is 31.8 Å². The molecular weight excluding hydrogens is 240 g/mol. The van der Waals surface area contributed by atoms with E-state index in [0.717, 1.165) is 11.1 Å². The zero-order chi connectivity index (χ0) is 13.7. The van der Waals surface area contributed by atoms with E-state index in [9.17, 15) is 9.59 Å². The van der Waals surface area contributed by atoms with Crippen LogP contribution in [0.4, 0.5) is 0 Å². The Morgan fingerprint density at radius 1 is 1.00 bits per heavy atom. The van der Waals surface area contributed by atoms with Crippen molar-refractivity contribution in [2.45, 2.75) is 13.5 Å². The molecule has 0 spiro atoms. The highest BCUT2D eigenvalue weighted by atomic mass is 16.5. The van der Waals surface area contributed by atoms with Gasteiger partial charge in [0.05, 0.1) is 11.1 Å². The molecular formula is C16H14O3. The van der Waals surface area contributed by atoms with Crippen LogP contribution in [0, 0.1) is 6.92 Å². The summed E-state index contributed by atoms with van der Waals surface area (Å²) in [7, 11) is 0. The van der Waals surface area contributed by atoms with Crippen LogP contribution >= 0.6 is 0 Å². The third kappa shape index (κ3) is 3.07. The Balaban J connectivity index is 2.28. The van der Waals surface area contributed by atoms with E-state index in [1.807, 2.05) is 37.3 Å². The highest BCUT2D eigenvalue weighted by Gasteiger charge is 2.10. The number of carbonyl (C=O) groups excluding carboxylic acids is 2. The quantitative estimate of drug-likeness (QED) is 0.769. The number of aldehydes is 2. The number of rotatable bonds is 5. The summed E-state index contributed by atoms with van der Waals surface area (Å²) in [6, 6.07) is 13.0. The zero-order valence-corrected chi connectivity index (χ0v) is 10.6. The Morgan fingerprint density at radius 2 is 1.58 bits per heavy atom. The van der Waals surface area contributed by atoms with Gasteiger partial charge in [0.1, 0.15) is 12.4 Å². The van der Waals surface area contributed by atoms with E-state index >= 15 is 0 Å². The average Bonchev–Trinajstić information content (AvgIpc) is 2.46. The predicted octanol–water partition coefficient (Wildman–Crippen LogP) is 3.20. The molecule has 0 amide bonds. The molecule has 0 N–H and O–H groups in total. The van der Waals surface area contributed by atoms with Crippen LogP contribution in [-0.2, 0) is 6.61 Å². The van der Waals surface area contributed by atoms with Crippen molar-refractivity contribution in [2.24, 2.45) is 0 Å². The van der Waals surface area contributed by atoms with Crippen LogP contribution in [0.25, 0.3) is 0 Å². The van der Waals surface area contributed by atoms with E-state index in [1.54, 1.807) is 12.1 Å². The van der Waals surface area contributed by atoms with Crippen molar-refractivity contribution in [2.75, 3.05) is 0 Å². The topological polar surface area (TPSA) is 43.4 Å². The number of hydrogen-bond acceptors (Lipinski definition) is 3. The van der Waals surface area contributed by atoms with Crippen molar-refractivity contribution in [1.82, 2.24) is 0 Å². The number of carbonyl (C=O) groups is 2. The van der Waals surface area contributed by atoms with Gasteiger partial charge in [-0.05, 0) is 30.2 Å². The summed E-state index contributed by atoms with van der Waals surface area (Å²) in [5, 5.41) is 0. The fraction of sp³-hybridized carbons (Fsp3) is 0.125. The van der Waals surface area contributed by atoms with E-state index in [0.29, 0.717) is 36.1 Å². The molecule has 0 fully saturated rings. The van der Waals surface area contributed by atoms with Crippen molar-refractivity contribution in [1.29, 1.82) is 0 Å². The first kappa shape index (κ1) is 13.0. The molecule has 0 atom stereocenters. The summed E-state index contributed by atoms with van der Waals surface area (Å²) in [5.74, 6) is 0.347. The maximum Gasteiger partial charge on any atom is 0.153 e. The molecule has 0 saturated carbocycles. The number of benzene rings is 2. The maximum absolute atomic E-state index is 11.1. The van der Waals surface area contributed by atoms with Crippen LogP contribution in [0.5, 0.6) is 5.75 Å². The molecule has 19 heavy (non-hydrogen) atoms. The molecule has 0 heterocycles. The SMILES string of the molecule is Cc1cc(C=O)c(OCc2ccccc2)c(C=O)c1. The van der Waals surface area contributed by atoms with Gasteiger partial charge in [-0.25, -0.2) is 0 Å². The molecule has 0 aliphatic heterocycles. The Bertz CT molecular complexity index is 559. The first-order chi connectivity index (χ1) is 9.24. The fourth-order valence-corrected chi connectivity index (χ4v) is 1.90. The lowest BCUT2D eigenvalue weighted by molar-refractivity contribution is 0.111. The summed E-state index contributed by atoms with van der Waals surface area (Å²) in [5.41, 5.74) is 2.64. The second kappa shape index (κ2) is 5.96. The molecule has 2 aromatic carbocycles. The van der Waals surface area contributed by atoms with Gasteiger partial charge in [0, 0.05) is 0 Å². The third-order valence-corrected chi connectivity index (χ3v) is 2.77. The largest absolute Gasteiger partial charge is 0.487 e. The molecule has 3 heteroatoms. The maximum atomic E-state index is 11.1. The van der Waals surface area contributed by atoms with Gasteiger partial charge in [-0.2, -0.15) is 0 Å². The first-order valence-electron chi connectivity index (χ1n) is 5.96. The Hall–Kier alpha value is -2.42. The Kier molecular flexibility index (Phi) is 4.08. The van der Waals surface area contributed by atoms with Gasteiger partial charge in [-0.1, -0.05) is 30.3 Å². The predicted molar refractivity (Wildman–Crippen MR) is 72.7 cm³/mol. The molecule has 96 valence electrons. The summed E-state index contributed by atoms with van der Waals surface area (Å²) in [6.45, 7) is 2.16. The fourth-order valence-electron chi connectivity index (χ4n) is 1.90. The minimum absolute atomic E-state index is 0.325. The van der Waals surface area contributed by atoms with Crippen molar-refractivity contribution in [3.63, 3.8) is 0 Å². The molecule has 0 aliphatic carbocycles. The molecule has 3 nitrogen and oxygen atoms in total. The van der Waals surface area contributed by atoms with Crippen LogP contribution in [-0.4, -0.2) is 12.6 Å². The minimum Gasteiger partial charge on any atom is -0.487 e. The van der Waals surface area contributed by atoms with Gasteiger partial charge in [-0.15, -0.1) is 0 Å². The van der Waals surface area contributed by atoms with Gasteiger partial charge >= 0.3 is 0 Å². The standard InChI is InChI=1S/C16H14O3/c1-12-7-14(9-17)16(15(8-12)10-18)19-11-13-5-3-2-4-6-13/h2-10H,11H2,1H3. The number of hydrogen-bond donors (Lipinski definition) is 0. The molecule has 0 unspecified atom stereocenters. The molecule has 0 saturated heterocycles. The second-order valence-corrected chi connectivity index (χ2v) is 4.28. The van der Waals surface area contributed by atoms with Crippen LogP contribution in [0.3, 0.4) is 0 Å². The van der Waals surface area contributed by atoms with Crippen molar-refractivity contribution in [3.05, 3.63) is 64.7 Å². The van der Waals surface area contributed by atoms with E-state index in [-0.39, 0.29) is 0 Å². The van der Waals surface area contributed by atoms with Crippen molar-refractivity contribution in [3.8, 4) is 5.75 Å². The van der Waals surface area contributed by atoms with Crippen molar-refractivity contribution >= 4 is 12.6 Å². The highest BCUT2D eigenvalue weighted by molar-refractivity contribution is 5.89. The van der Waals surface area contributed by atoms with Crippen LogP contribution in [0.15, 0.2) is 42.5 Å². The minimum atomic E-state index is 0.325. The summed E-state index contributed by atoms with van der Waals surface area (Å²) in [4.78, 5) is 22.1. The van der Waals surface area contributed by atoms with Gasteiger partial charge in [-0.3, -0.25) is 9.59 Å². The normalized spacial score (nSPS) is 9.95. The molecule has 0 aromatic heterocycles. The average molecular weight is 254 g/mol. The summed E-state index contributed by atoms with van der Waals surface area (Å²) in [6.07, 6.45) is 1.42. The monoisotopic (exact) mass is 254 g/mol. The first-order valence-corrected chi connectivity index (χ1v) is 5.96. The molecule has 0 bridgehead atoms. The zero-order valence-electron chi connectivity index (χ0n) is 10.6. The number of aryl methyl sites for hydroxylation is 1. The smallest absolute Gasteiger partial charge is 0.153 e. The van der Waals surface area contributed by atoms with Gasteiger partial charge in [0.2, 0.25) is 0 Å². The van der Waals surface area contributed by atoms with Crippen molar-refractivity contribution < 1.29 is 14.3 Å². The van der Waals surface area contributed by atoms with Gasteiger partial charge < -0.3 is 4.74 Å². The van der Waals surface area contributed by atoms with E-state index < -0.39 is 0 Å². The number of ether oxygens (including phenoxy) is 1. The van der Waals surface area contributed by atoms with Crippen LogP contribution in [0.2, 0.25) is 0 Å². The Labute approximate surface area is 111 Å². The Morgan fingerprint density at radius 3 is 2.11 bits per heavy atom. The van der Waals surface area contributed by atoms with Gasteiger partial charge in [0.15, 0.2) is 12.6 Å². The molecule has 0 aliphatic rings. The highest BCUT2D eigenvalue weighted by Crippen LogP contribution is 2.24. The lowest BCUT2D eigenvalue weighted by Crippen LogP contribution is -2.02. The molecule has 2 rings (SSSR count). The summed E-state index contributed by atoms with van der Waals surface area (Å²) >= 11 is 0. The third-order valence-electron chi connectivity index (χ3n) is 2.77. The molecule has 0 radical (unpaired) electrons. The van der Waals surface area contributed by atoms with E-state index in [4.69, 9.17) is 4.74 Å². The van der Waals surface area contributed by atoms with Gasteiger partial charge in [0.25, 0.3) is 0 Å². The van der Waals surface area contributed by atoms with E-state index in [1.165, 1.54) is 0 Å². The lowest BCUT2D eigenvalue weighted by Gasteiger charge is -2.11. The summed E-state index contributed by atoms with van der Waals surface area (Å²) < 4.78 is 5.63. The second-order valence-electron chi connectivity index (χ2n) is 4.28. The lowest BCUT2D eigenvalue weighted by atomic mass is 10.1. The molecule has 2 aromatic rings. The van der Waals surface area contributed by atoms with E-state index in [2.05, 4.69) is 0 Å².